The molecule has 3 N–H and O–H groups in total. The molecule has 0 spiro atoms. The van der Waals surface area contributed by atoms with E-state index in [1.165, 1.54) is 0 Å². The van der Waals surface area contributed by atoms with Crippen LogP contribution in [0.25, 0.3) is 0 Å². The van der Waals surface area contributed by atoms with Gasteiger partial charge < -0.3 is 15.8 Å². The molecule has 1 saturated heterocycles. The fourth-order valence-electron chi connectivity index (χ4n) is 2.50. The van der Waals surface area contributed by atoms with Gasteiger partial charge in [-0.3, -0.25) is 0 Å². The van der Waals surface area contributed by atoms with Crippen LogP contribution in [0, 0.1) is 5.41 Å². The van der Waals surface area contributed by atoms with Crippen molar-refractivity contribution in [3.63, 3.8) is 0 Å². The molecule has 17 heavy (non-hydrogen) atoms. The zero-order chi connectivity index (χ0) is 13.1. The Morgan fingerprint density at radius 3 is 2.59 bits per heavy atom. The van der Waals surface area contributed by atoms with Crippen molar-refractivity contribution in [3.8, 4) is 0 Å². The van der Waals surface area contributed by atoms with Crippen LogP contribution < -0.4 is 11.1 Å². The van der Waals surface area contributed by atoms with Gasteiger partial charge in [0.15, 0.2) is 0 Å². The van der Waals surface area contributed by atoms with E-state index < -0.39 is 0 Å². The van der Waals surface area contributed by atoms with Crippen molar-refractivity contribution in [2.75, 3.05) is 13.2 Å². The van der Waals surface area contributed by atoms with Gasteiger partial charge in [0.25, 0.3) is 0 Å². The molecule has 0 saturated carbocycles. The summed E-state index contributed by atoms with van der Waals surface area (Å²) in [5.41, 5.74) is 6.62. The van der Waals surface area contributed by atoms with Gasteiger partial charge in [-0.2, -0.15) is 0 Å². The first-order valence-electron chi connectivity index (χ1n) is 6.85. The van der Waals surface area contributed by atoms with Gasteiger partial charge in [-0.05, 0) is 45.1 Å². The highest BCUT2D eigenvalue weighted by Crippen LogP contribution is 2.25. The van der Waals surface area contributed by atoms with Crippen LogP contribution in [0.5, 0.6) is 0 Å². The Morgan fingerprint density at radius 1 is 1.47 bits per heavy atom. The van der Waals surface area contributed by atoms with E-state index in [-0.39, 0.29) is 5.54 Å². The van der Waals surface area contributed by atoms with Crippen LogP contribution in [-0.2, 0) is 4.74 Å². The zero-order valence-corrected chi connectivity index (χ0v) is 12.2. The molecule has 0 aromatic carbocycles. The van der Waals surface area contributed by atoms with E-state index in [2.05, 4.69) is 39.9 Å². The molecular formula is C14H30N2O. The molecule has 1 aliphatic rings. The molecule has 0 aliphatic carbocycles. The average Bonchev–Trinajstić information content (AvgIpc) is 2.44. The lowest BCUT2D eigenvalue weighted by Crippen LogP contribution is -2.49. The van der Waals surface area contributed by atoms with Gasteiger partial charge in [-0.1, -0.05) is 20.8 Å². The Bertz CT molecular complexity index is 237. The molecule has 3 unspecified atom stereocenters. The predicted molar refractivity (Wildman–Crippen MR) is 73.1 cm³/mol. The molecular weight excluding hydrogens is 212 g/mol. The molecule has 0 radical (unpaired) electrons. The maximum atomic E-state index is 6.15. The van der Waals surface area contributed by atoms with Gasteiger partial charge in [-0.15, -0.1) is 0 Å². The van der Waals surface area contributed by atoms with Crippen molar-refractivity contribution < 1.29 is 4.74 Å². The summed E-state index contributed by atoms with van der Waals surface area (Å²) in [4.78, 5) is 0. The molecule has 1 fully saturated rings. The van der Waals surface area contributed by atoms with Crippen LogP contribution in [0.3, 0.4) is 0 Å². The molecule has 102 valence electrons. The van der Waals surface area contributed by atoms with Crippen LogP contribution in [0.1, 0.15) is 53.9 Å². The van der Waals surface area contributed by atoms with Gasteiger partial charge >= 0.3 is 0 Å². The minimum Gasteiger partial charge on any atom is -0.377 e. The van der Waals surface area contributed by atoms with Gasteiger partial charge in [0, 0.05) is 18.2 Å². The van der Waals surface area contributed by atoms with Crippen molar-refractivity contribution in [2.45, 2.75) is 71.6 Å². The van der Waals surface area contributed by atoms with E-state index in [0.717, 1.165) is 32.4 Å². The summed E-state index contributed by atoms with van der Waals surface area (Å²) in [6, 6.07) is 0.295. The summed E-state index contributed by atoms with van der Waals surface area (Å²) in [6.07, 6.45) is 3.53. The molecule has 0 aromatic rings. The summed E-state index contributed by atoms with van der Waals surface area (Å²) in [7, 11) is 0. The topological polar surface area (TPSA) is 47.3 Å². The van der Waals surface area contributed by atoms with Crippen LogP contribution in [0.2, 0.25) is 0 Å². The first kappa shape index (κ1) is 14.9. The van der Waals surface area contributed by atoms with E-state index in [1.807, 2.05) is 0 Å². The highest BCUT2D eigenvalue weighted by atomic mass is 16.5. The van der Waals surface area contributed by atoms with Crippen LogP contribution in [-0.4, -0.2) is 30.8 Å². The minimum atomic E-state index is 0.140. The van der Waals surface area contributed by atoms with E-state index in [1.54, 1.807) is 0 Å². The summed E-state index contributed by atoms with van der Waals surface area (Å²) in [5.74, 6) is 0. The largest absolute Gasteiger partial charge is 0.377 e. The number of hydrogen-bond acceptors (Lipinski definition) is 3. The van der Waals surface area contributed by atoms with Crippen LogP contribution in [0.15, 0.2) is 0 Å². The van der Waals surface area contributed by atoms with Crippen LogP contribution >= 0.6 is 0 Å². The third kappa shape index (κ3) is 4.94. The second-order valence-corrected chi connectivity index (χ2v) is 6.92. The smallest absolute Gasteiger partial charge is 0.0726 e. The molecule has 3 nitrogen and oxygen atoms in total. The fraction of sp³-hybridized carbons (Fsp3) is 1.00. The molecule has 3 heteroatoms. The quantitative estimate of drug-likeness (QED) is 0.777. The van der Waals surface area contributed by atoms with E-state index in [9.17, 15) is 0 Å². The Balaban J connectivity index is 2.23. The number of rotatable bonds is 5. The monoisotopic (exact) mass is 242 g/mol. The second kappa shape index (κ2) is 5.68. The maximum Gasteiger partial charge on any atom is 0.0726 e. The molecule has 1 heterocycles. The van der Waals surface area contributed by atoms with E-state index >= 15 is 0 Å². The molecule has 0 amide bonds. The fourth-order valence-corrected chi connectivity index (χ4v) is 2.50. The minimum absolute atomic E-state index is 0.140. The third-order valence-electron chi connectivity index (χ3n) is 3.81. The number of nitrogens with one attached hydrogen (secondary N) is 1. The summed E-state index contributed by atoms with van der Waals surface area (Å²) in [5, 5.41) is 3.62. The van der Waals surface area contributed by atoms with Crippen molar-refractivity contribution in [1.29, 1.82) is 0 Å². The first-order valence-corrected chi connectivity index (χ1v) is 6.85. The molecule has 0 aromatic heterocycles. The highest BCUT2D eigenvalue weighted by molar-refractivity contribution is 4.93. The van der Waals surface area contributed by atoms with Gasteiger partial charge in [0.05, 0.1) is 6.10 Å². The standard InChI is InChI=1S/C14H30N2O/c1-11-14(5,7-9-17-11)16-8-6-12(15)10-13(2,3)4/h11-12,16H,6-10,15H2,1-5H3. The lowest BCUT2D eigenvalue weighted by molar-refractivity contribution is 0.0884. The number of nitrogens with two attached hydrogens (primary N) is 1. The predicted octanol–water partition coefficient (Wildman–Crippen LogP) is 2.30. The van der Waals surface area contributed by atoms with Gasteiger partial charge in [-0.25, -0.2) is 0 Å². The Hall–Kier alpha value is -0.120. The van der Waals surface area contributed by atoms with Crippen molar-refractivity contribution in [3.05, 3.63) is 0 Å². The van der Waals surface area contributed by atoms with E-state index in [4.69, 9.17) is 10.5 Å². The normalized spacial score (nSPS) is 31.8. The number of hydrogen-bond donors (Lipinski definition) is 2. The zero-order valence-electron chi connectivity index (χ0n) is 12.2. The molecule has 1 rings (SSSR count). The number of ether oxygens (including phenoxy) is 1. The van der Waals surface area contributed by atoms with Crippen molar-refractivity contribution in [2.24, 2.45) is 11.1 Å². The summed E-state index contributed by atoms with van der Waals surface area (Å²) < 4.78 is 5.61. The van der Waals surface area contributed by atoms with Crippen LogP contribution in [0.4, 0.5) is 0 Å². The molecule has 3 atom stereocenters. The summed E-state index contributed by atoms with van der Waals surface area (Å²) in [6.45, 7) is 13.0. The van der Waals surface area contributed by atoms with Gasteiger partial charge in [0.1, 0.15) is 0 Å². The van der Waals surface area contributed by atoms with Crippen molar-refractivity contribution >= 4 is 0 Å². The lowest BCUT2D eigenvalue weighted by Gasteiger charge is -2.30. The SMILES string of the molecule is CC1OCCC1(C)NCCC(N)CC(C)(C)C. The molecule has 0 bridgehead atoms. The lowest BCUT2D eigenvalue weighted by atomic mass is 9.87. The van der Waals surface area contributed by atoms with Crippen molar-refractivity contribution in [1.82, 2.24) is 5.32 Å². The second-order valence-electron chi connectivity index (χ2n) is 6.92. The van der Waals surface area contributed by atoms with Gasteiger partial charge in [0.2, 0.25) is 0 Å². The maximum absolute atomic E-state index is 6.15. The Morgan fingerprint density at radius 2 is 2.12 bits per heavy atom. The Kier molecular flexibility index (Phi) is 4.99. The Labute approximate surface area is 106 Å². The van der Waals surface area contributed by atoms with E-state index in [0.29, 0.717) is 17.6 Å². The average molecular weight is 242 g/mol. The highest BCUT2D eigenvalue weighted by Gasteiger charge is 2.36. The third-order valence-corrected chi connectivity index (χ3v) is 3.81. The first-order chi connectivity index (χ1) is 7.73. The summed E-state index contributed by atoms with van der Waals surface area (Å²) >= 11 is 0. The molecule has 1 aliphatic heterocycles.